The van der Waals surface area contributed by atoms with Crippen molar-refractivity contribution in [2.45, 2.75) is 31.4 Å². The Labute approximate surface area is 309 Å². The number of halogens is 4. The Hall–Kier alpha value is -4.12. The Bertz CT molecular complexity index is 1820. The van der Waals surface area contributed by atoms with Gasteiger partial charge in [0, 0.05) is 37.1 Å². The summed E-state index contributed by atoms with van der Waals surface area (Å²) in [5.74, 6) is -1.68. The third kappa shape index (κ3) is 9.56. The first-order chi connectivity index (χ1) is 24.0. The van der Waals surface area contributed by atoms with E-state index in [0.29, 0.717) is 22.6 Å². The van der Waals surface area contributed by atoms with Crippen LogP contribution in [0.5, 0.6) is 5.75 Å². The fraction of sp³-hybridized carbons (Fsp3) is 0.243. The number of carbonyl (C=O) groups is 4. The molecule has 0 aromatic heterocycles. The van der Waals surface area contributed by atoms with Crippen molar-refractivity contribution < 1.29 is 29.0 Å². The van der Waals surface area contributed by atoms with E-state index in [1.807, 2.05) is 42.5 Å². The largest absolute Gasteiger partial charge is 0.482 e. The molecule has 0 spiro atoms. The van der Waals surface area contributed by atoms with E-state index in [4.69, 9.17) is 51.1 Å². The number of nitrogens with zero attached hydrogens (tertiary/aromatic N) is 2. The maximum atomic E-state index is 13.7. The molecule has 0 bridgehead atoms. The molecular weight excluding hydrogens is 724 g/mol. The lowest BCUT2D eigenvalue weighted by Crippen LogP contribution is -2.52. The lowest BCUT2D eigenvalue weighted by atomic mass is 10.00. The maximum Gasteiger partial charge on any atom is 0.261 e. The number of aliphatic hydroxyl groups is 1. The number of imide groups is 1. The quantitative estimate of drug-likeness (QED) is 0.105. The highest BCUT2D eigenvalue weighted by atomic mass is 35.5. The maximum absolute atomic E-state index is 13.7. The number of ether oxygens (including phenoxy) is 1. The Morgan fingerprint density at radius 3 is 2.08 bits per heavy atom. The minimum Gasteiger partial charge on any atom is -0.482 e. The van der Waals surface area contributed by atoms with Crippen LogP contribution in [0.15, 0.2) is 91.0 Å². The van der Waals surface area contributed by atoms with Crippen LogP contribution in [-0.4, -0.2) is 76.9 Å². The number of fused-ring (bicyclic) bond motifs is 1. The van der Waals surface area contributed by atoms with Crippen molar-refractivity contribution >= 4 is 70.0 Å². The van der Waals surface area contributed by atoms with Gasteiger partial charge in [-0.1, -0.05) is 101 Å². The van der Waals surface area contributed by atoms with Gasteiger partial charge in [-0.25, -0.2) is 0 Å². The van der Waals surface area contributed by atoms with E-state index in [1.165, 1.54) is 17.0 Å². The zero-order valence-electron chi connectivity index (χ0n) is 26.7. The predicted molar refractivity (Wildman–Crippen MR) is 193 cm³/mol. The summed E-state index contributed by atoms with van der Waals surface area (Å²) in [5.41, 5.74) is 2.35. The molecule has 0 fully saturated rings. The molecule has 0 unspecified atom stereocenters. The minimum absolute atomic E-state index is 0.127. The van der Waals surface area contributed by atoms with Gasteiger partial charge < -0.3 is 20.1 Å². The number of rotatable bonds is 15. The van der Waals surface area contributed by atoms with Crippen molar-refractivity contribution in [3.05, 3.63) is 133 Å². The number of nitrogens with one attached hydrogen (secondary N) is 1. The second-order valence-corrected chi connectivity index (χ2v) is 13.3. The standard InChI is InChI=1S/C37H33Cl4N3O6/c38-25-12-10-23(11-13-25)14-16-43(35(47)15-17-44-36(48)26-8-4-5-9-27(26)37(44)49)21-32(45)31(18-24-6-2-1-3-7-24)42-34(46)22-50-33-20-29(40)28(39)19-30(33)41/h1-13,19-20,31-32,45H,14-18,21-22H2,(H,42,46)/t31-,32-/m0/s1. The van der Waals surface area contributed by atoms with E-state index < -0.39 is 36.5 Å². The van der Waals surface area contributed by atoms with Gasteiger partial charge in [-0.3, -0.25) is 24.1 Å². The molecule has 4 aromatic rings. The van der Waals surface area contributed by atoms with Gasteiger partial charge in [0.1, 0.15) is 5.75 Å². The molecule has 0 saturated carbocycles. The second-order valence-electron chi connectivity index (χ2n) is 11.7. The molecule has 0 aliphatic carbocycles. The van der Waals surface area contributed by atoms with Crippen LogP contribution in [0, 0.1) is 0 Å². The third-order valence-corrected chi connectivity index (χ3v) is 9.48. The summed E-state index contributed by atoms with van der Waals surface area (Å²) in [6, 6.07) is 25.0. The predicted octanol–water partition coefficient (Wildman–Crippen LogP) is 6.53. The first-order valence-electron chi connectivity index (χ1n) is 15.8. The first kappa shape index (κ1) is 37.1. The molecule has 4 aromatic carbocycles. The number of benzene rings is 4. The molecule has 50 heavy (non-hydrogen) atoms. The summed E-state index contributed by atoms with van der Waals surface area (Å²) in [6.07, 6.45) is -0.694. The summed E-state index contributed by atoms with van der Waals surface area (Å²) in [6.45, 7) is -0.497. The molecule has 260 valence electrons. The second kappa shape index (κ2) is 17.2. The van der Waals surface area contributed by atoms with Crippen molar-refractivity contribution in [2.75, 3.05) is 26.2 Å². The highest BCUT2D eigenvalue weighted by Crippen LogP contribution is 2.33. The van der Waals surface area contributed by atoms with Gasteiger partial charge in [0.25, 0.3) is 17.7 Å². The van der Waals surface area contributed by atoms with E-state index in [0.717, 1.165) is 16.0 Å². The van der Waals surface area contributed by atoms with Gasteiger partial charge in [-0.2, -0.15) is 0 Å². The van der Waals surface area contributed by atoms with Gasteiger partial charge in [0.15, 0.2) is 6.61 Å². The Morgan fingerprint density at radius 1 is 0.800 bits per heavy atom. The lowest BCUT2D eigenvalue weighted by molar-refractivity contribution is -0.133. The van der Waals surface area contributed by atoms with Crippen molar-refractivity contribution in [3.63, 3.8) is 0 Å². The average Bonchev–Trinajstić information content (AvgIpc) is 3.35. The molecular formula is C37H33Cl4N3O6. The van der Waals surface area contributed by atoms with E-state index in [2.05, 4.69) is 5.32 Å². The van der Waals surface area contributed by atoms with Gasteiger partial charge in [-0.05, 0) is 54.3 Å². The number of hydrogen-bond acceptors (Lipinski definition) is 6. The number of aliphatic hydroxyl groups excluding tert-OH is 1. The molecule has 1 aliphatic rings. The molecule has 2 N–H and O–H groups in total. The Kier molecular flexibility index (Phi) is 12.8. The zero-order chi connectivity index (χ0) is 35.8. The number of hydrogen-bond donors (Lipinski definition) is 2. The first-order valence-corrected chi connectivity index (χ1v) is 17.3. The smallest absolute Gasteiger partial charge is 0.261 e. The van der Waals surface area contributed by atoms with Crippen LogP contribution in [0.25, 0.3) is 0 Å². The molecule has 1 aliphatic heterocycles. The van der Waals surface area contributed by atoms with Gasteiger partial charge >= 0.3 is 0 Å². The summed E-state index contributed by atoms with van der Waals surface area (Å²) >= 11 is 24.3. The highest BCUT2D eigenvalue weighted by molar-refractivity contribution is 6.43. The molecule has 4 amide bonds. The van der Waals surface area contributed by atoms with Crippen LogP contribution in [0.1, 0.15) is 38.3 Å². The summed E-state index contributed by atoms with van der Waals surface area (Å²) in [7, 11) is 0. The number of amides is 4. The van der Waals surface area contributed by atoms with Crippen molar-refractivity contribution in [1.29, 1.82) is 0 Å². The van der Waals surface area contributed by atoms with Gasteiger partial charge in [0.2, 0.25) is 5.91 Å². The molecule has 9 nitrogen and oxygen atoms in total. The molecule has 1 heterocycles. The van der Waals surface area contributed by atoms with Crippen molar-refractivity contribution in [3.8, 4) is 5.75 Å². The molecule has 2 atom stereocenters. The van der Waals surface area contributed by atoms with Crippen LogP contribution in [0.2, 0.25) is 20.1 Å². The van der Waals surface area contributed by atoms with Crippen molar-refractivity contribution in [2.24, 2.45) is 0 Å². The molecule has 13 heteroatoms. The topological polar surface area (TPSA) is 116 Å². The van der Waals surface area contributed by atoms with Gasteiger partial charge in [-0.15, -0.1) is 0 Å². The molecule has 0 radical (unpaired) electrons. The van der Waals surface area contributed by atoms with Crippen LogP contribution in [0.3, 0.4) is 0 Å². The van der Waals surface area contributed by atoms with E-state index in [-0.39, 0.29) is 59.2 Å². The molecule has 5 rings (SSSR count). The lowest BCUT2D eigenvalue weighted by Gasteiger charge is -2.31. The van der Waals surface area contributed by atoms with Crippen LogP contribution < -0.4 is 10.1 Å². The van der Waals surface area contributed by atoms with Crippen LogP contribution >= 0.6 is 46.4 Å². The average molecular weight is 757 g/mol. The fourth-order valence-electron chi connectivity index (χ4n) is 5.55. The SMILES string of the molecule is O=C(COc1cc(Cl)c(Cl)cc1Cl)N[C@@H](Cc1ccccc1)[C@@H](O)CN(CCc1ccc(Cl)cc1)C(=O)CCN1C(=O)c2ccccc2C1=O. The zero-order valence-corrected chi connectivity index (χ0v) is 29.7. The van der Waals surface area contributed by atoms with Crippen molar-refractivity contribution in [1.82, 2.24) is 15.1 Å². The third-order valence-electron chi connectivity index (χ3n) is 8.21. The normalized spacial score (nSPS) is 13.5. The van der Waals surface area contributed by atoms with Crippen LogP contribution in [-0.2, 0) is 22.4 Å². The van der Waals surface area contributed by atoms with E-state index in [9.17, 15) is 24.3 Å². The van der Waals surface area contributed by atoms with E-state index in [1.54, 1.807) is 36.4 Å². The molecule has 0 saturated heterocycles. The fourth-order valence-corrected chi connectivity index (χ4v) is 6.27. The van der Waals surface area contributed by atoms with E-state index >= 15 is 0 Å². The Morgan fingerprint density at radius 2 is 1.42 bits per heavy atom. The van der Waals surface area contributed by atoms with Gasteiger partial charge in [0.05, 0.1) is 38.3 Å². The monoisotopic (exact) mass is 755 g/mol. The highest BCUT2D eigenvalue weighted by Gasteiger charge is 2.35. The Balaban J connectivity index is 1.30. The minimum atomic E-state index is -1.22. The van der Waals surface area contributed by atoms with Crippen LogP contribution in [0.4, 0.5) is 0 Å². The summed E-state index contributed by atoms with van der Waals surface area (Å²) in [4.78, 5) is 55.3. The summed E-state index contributed by atoms with van der Waals surface area (Å²) < 4.78 is 5.60. The summed E-state index contributed by atoms with van der Waals surface area (Å²) in [5, 5.41) is 15.6. The number of carbonyl (C=O) groups excluding carboxylic acids is 4.